The summed E-state index contributed by atoms with van der Waals surface area (Å²) in [7, 11) is 0. The normalized spacial score (nSPS) is 10.9. The summed E-state index contributed by atoms with van der Waals surface area (Å²) in [6.07, 6.45) is 3.38. The van der Waals surface area contributed by atoms with Gasteiger partial charge in [0.1, 0.15) is 0 Å². The molecule has 0 aliphatic heterocycles. The lowest BCUT2D eigenvalue weighted by atomic mass is 10.2. The molecule has 0 fully saturated rings. The van der Waals surface area contributed by atoms with E-state index in [1.54, 1.807) is 12.5 Å². The van der Waals surface area contributed by atoms with Gasteiger partial charge in [0.2, 0.25) is 0 Å². The molecule has 0 spiro atoms. The van der Waals surface area contributed by atoms with Crippen LogP contribution in [0.5, 0.6) is 0 Å². The van der Waals surface area contributed by atoms with Crippen LogP contribution >= 0.6 is 22.9 Å². The third-order valence-electron chi connectivity index (χ3n) is 3.38. The molecule has 4 aromatic rings. The van der Waals surface area contributed by atoms with E-state index in [2.05, 4.69) is 25.5 Å². The van der Waals surface area contributed by atoms with Gasteiger partial charge in [-0.2, -0.15) is 5.10 Å². The van der Waals surface area contributed by atoms with Crippen LogP contribution in [0.25, 0.3) is 23.0 Å². The summed E-state index contributed by atoms with van der Waals surface area (Å²) in [4.78, 5) is 9.55. The zero-order chi connectivity index (χ0) is 16.4. The molecule has 3 heterocycles. The Hall–Kier alpha value is -2.64. The van der Waals surface area contributed by atoms with Crippen molar-refractivity contribution in [2.75, 3.05) is 5.32 Å². The van der Waals surface area contributed by atoms with E-state index in [1.165, 1.54) is 11.3 Å². The van der Waals surface area contributed by atoms with Gasteiger partial charge >= 0.3 is 0 Å². The molecule has 0 unspecified atom stereocenters. The average Bonchev–Trinajstić information content (AvgIpc) is 3.34. The van der Waals surface area contributed by atoms with E-state index in [0.717, 1.165) is 16.1 Å². The molecule has 0 radical (unpaired) electrons. The van der Waals surface area contributed by atoms with E-state index >= 15 is 0 Å². The molecule has 0 bridgehead atoms. The monoisotopic (exact) mass is 357 g/mol. The van der Waals surface area contributed by atoms with Gasteiger partial charge in [0.25, 0.3) is 0 Å². The maximum absolute atomic E-state index is 5.83. The van der Waals surface area contributed by atoms with Gasteiger partial charge in [0.05, 0.1) is 12.8 Å². The fourth-order valence-electron chi connectivity index (χ4n) is 2.21. The second-order valence-corrected chi connectivity index (χ2v) is 6.69. The SMILES string of the molecule is Clc1ncc(CNc2ccc(-c3n[nH]c(-c4ccco4)n3)cc2)s1. The van der Waals surface area contributed by atoms with Gasteiger partial charge in [-0.15, -0.1) is 11.3 Å². The minimum Gasteiger partial charge on any atom is -0.461 e. The second-order valence-electron chi connectivity index (χ2n) is 5.00. The Kier molecular flexibility index (Phi) is 4.02. The van der Waals surface area contributed by atoms with Crippen molar-refractivity contribution in [3.63, 3.8) is 0 Å². The van der Waals surface area contributed by atoms with Crippen molar-refractivity contribution < 1.29 is 4.42 Å². The largest absolute Gasteiger partial charge is 0.461 e. The number of anilines is 1. The third kappa shape index (κ3) is 3.17. The number of nitrogens with one attached hydrogen (secondary N) is 2. The van der Waals surface area contributed by atoms with Crippen LogP contribution in [0, 0.1) is 0 Å². The lowest BCUT2D eigenvalue weighted by molar-refractivity contribution is 0.577. The van der Waals surface area contributed by atoms with Crippen molar-refractivity contribution in [2.24, 2.45) is 0 Å². The fraction of sp³-hybridized carbons (Fsp3) is 0.0625. The molecule has 6 nitrogen and oxygen atoms in total. The molecule has 0 amide bonds. The van der Waals surface area contributed by atoms with E-state index in [9.17, 15) is 0 Å². The van der Waals surface area contributed by atoms with E-state index in [-0.39, 0.29) is 0 Å². The summed E-state index contributed by atoms with van der Waals surface area (Å²) in [5, 5.41) is 10.4. The van der Waals surface area contributed by atoms with Crippen LogP contribution in [0.1, 0.15) is 4.88 Å². The number of hydrogen-bond acceptors (Lipinski definition) is 6. The van der Waals surface area contributed by atoms with Crippen LogP contribution in [0.15, 0.2) is 53.3 Å². The molecule has 4 rings (SSSR count). The molecule has 0 saturated heterocycles. The zero-order valence-electron chi connectivity index (χ0n) is 12.4. The van der Waals surface area contributed by atoms with Gasteiger partial charge in [0.15, 0.2) is 21.9 Å². The van der Waals surface area contributed by atoms with E-state index < -0.39 is 0 Å². The Labute approximate surface area is 146 Å². The van der Waals surface area contributed by atoms with Gasteiger partial charge < -0.3 is 9.73 Å². The predicted octanol–water partition coefficient (Wildman–Crippen LogP) is 4.45. The molecule has 24 heavy (non-hydrogen) atoms. The number of furan rings is 1. The smallest absolute Gasteiger partial charge is 0.192 e. The standard InChI is InChI=1S/C16H12ClN5OS/c17-16-19-9-12(24-16)8-18-11-5-3-10(4-6-11)14-20-15(22-21-14)13-2-1-7-23-13/h1-7,9,18H,8H2,(H,20,21,22). The van der Waals surface area contributed by atoms with E-state index in [0.29, 0.717) is 28.4 Å². The van der Waals surface area contributed by atoms with Crippen LogP contribution in [0.2, 0.25) is 4.47 Å². The van der Waals surface area contributed by atoms with Gasteiger partial charge in [-0.3, -0.25) is 5.10 Å². The lowest BCUT2D eigenvalue weighted by Gasteiger charge is -2.04. The molecule has 3 aromatic heterocycles. The Morgan fingerprint density at radius 3 is 2.79 bits per heavy atom. The van der Waals surface area contributed by atoms with Crippen LogP contribution in [-0.4, -0.2) is 20.2 Å². The number of H-pyrrole nitrogens is 1. The number of aromatic amines is 1. The first-order valence-electron chi connectivity index (χ1n) is 7.19. The first-order chi connectivity index (χ1) is 11.8. The molecule has 8 heteroatoms. The summed E-state index contributed by atoms with van der Waals surface area (Å²) in [6, 6.07) is 11.6. The highest BCUT2D eigenvalue weighted by Crippen LogP contribution is 2.23. The minimum absolute atomic E-state index is 0.555. The summed E-state index contributed by atoms with van der Waals surface area (Å²) in [6.45, 7) is 0.688. The van der Waals surface area contributed by atoms with Crippen LogP contribution < -0.4 is 5.32 Å². The number of benzene rings is 1. The van der Waals surface area contributed by atoms with Crippen LogP contribution in [0.4, 0.5) is 5.69 Å². The molecule has 1 aromatic carbocycles. The van der Waals surface area contributed by atoms with Crippen molar-refractivity contribution in [1.29, 1.82) is 0 Å². The minimum atomic E-state index is 0.555. The topological polar surface area (TPSA) is 79.6 Å². The number of halogens is 1. The number of hydrogen-bond donors (Lipinski definition) is 2. The van der Waals surface area contributed by atoms with Gasteiger partial charge in [0, 0.05) is 22.3 Å². The summed E-state index contributed by atoms with van der Waals surface area (Å²) in [5.74, 6) is 1.90. The van der Waals surface area contributed by atoms with Crippen LogP contribution in [-0.2, 0) is 6.54 Å². The van der Waals surface area contributed by atoms with E-state index in [4.69, 9.17) is 16.0 Å². The van der Waals surface area contributed by atoms with Gasteiger partial charge in [-0.1, -0.05) is 11.6 Å². The number of aromatic nitrogens is 4. The van der Waals surface area contributed by atoms with Crippen molar-refractivity contribution >= 4 is 28.6 Å². The first-order valence-corrected chi connectivity index (χ1v) is 8.38. The maximum Gasteiger partial charge on any atom is 0.192 e. The summed E-state index contributed by atoms with van der Waals surface area (Å²) >= 11 is 7.29. The maximum atomic E-state index is 5.83. The summed E-state index contributed by atoms with van der Waals surface area (Å²) in [5.41, 5.74) is 1.93. The number of nitrogens with zero attached hydrogens (tertiary/aromatic N) is 3. The molecule has 120 valence electrons. The molecule has 2 N–H and O–H groups in total. The molecular weight excluding hydrogens is 346 g/mol. The third-order valence-corrected chi connectivity index (χ3v) is 4.49. The molecule has 0 aliphatic rings. The number of rotatable bonds is 5. The Balaban J connectivity index is 1.45. The zero-order valence-corrected chi connectivity index (χ0v) is 13.9. The Morgan fingerprint density at radius 1 is 1.21 bits per heavy atom. The van der Waals surface area contributed by atoms with Crippen molar-refractivity contribution in [1.82, 2.24) is 20.2 Å². The molecule has 0 saturated carbocycles. The van der Waals surface area contributed by atoms with E-state index in [1.807, 2.05) is 36.4 Å². The van der Waals surface area contributed by atoms with Gasteiger partial charge in [-0.25, -0.2) is 9.97 Å². The first kappa shape index (κ1) is 14.9. The highest BCUT2D eigenvalue weighted by molar-refractivity contribution is 7.15. The molecular formula is C16H12ClN5OS. The lowest BCUT2D eigenvalue weighted by Crippen LogP contribution is -1.97. The highest BCUT2D eigenvalue weighted by atomic mass is 35.5. The quantitative estimate of drug-likeness (QED) is 0.551. The fourth-order valence-corrected chi connectivity index (χ4v) is 3.12. The van der Waals surface area contributed by atoms with Crippen LogP contribution in [0.3, 0.4) is 0 Å². The predicted molar refractivity (Wildman–Crippen MR) is 94.0 cm³/mol. The van der Waals surface area contributed by atoms with Crippen molar-refractivity contribution in [3.05, 3.63) is 58.2 Å². The Bertz CT molecular complexity index is 930. The molecule has 0 atom stereocenters. The van der Waals surface area contributed by atoms with Gasteiger partial charge in [-0.05, 0) is 36.4 Å². The number of thiazole rings is 1. The van der Waals surface area contributed by atoms with Crippen molar-refractivity contribution in [2.45, 2.75) is 6.54 Å². The Morgan fingerprint density at radius 2 is 2.08 bits per heavy atom. The average molecular weight is 358 g/mol. The molecule has 0 aliphatic carbocycles. The highest BCUT2D eigenvalue weighted by Gasteiger charge is 2.09. The second kappa shape index (κ2) is 6.46. The van der Waals surface area contributed by atoms with Crippen molar-refractivity contribution in [3.8, 4) is 23.0 Å². The summed E-state index contributed by atoms with van der Waals surface area (Å²) < 4.78 is 5.86.